The molecular weight excluding hydrogens is 315 g/mol. The Balaban J connectivity index is 1.47. The number of carbonyl (C=O) groups excluding carboxylic acids is 1. The predicted octanol–water partition coefficient (Wildman–Crippen LogP) is 3.49. The van der Waals surface area contributed by atoms with Gasteiger partial charge in [0.25, 0.3) is 0 Å². The lowest BCUT2D eigenvalue weighted by atomic mass is 10.1. The Bertz CT molecular complexity index is 672. The summed E-state index contributed by atoms with van der Waals surface area (Å²) in [5, 5.41) is 0. The van der Waals surface area contributed by atoms with Crippen molar-refractivity contribution in [3.05, 3.63) is 71.5 Å². The molecule has 0 saturated carbocycles. The van der Waals surface area contributed by atoms with Crippen molar-refractivity contribution < 1.29 is 9.18 Å². The fraction of sp³-hybridized carbons (Fsp3) is 0.381. The first-order valence-corrected chi connectivity index (χ1v) is 8.99. The molecule has 4 heteroatoms. The van der Waals surface area contributed by atoms with Gasteiger partial charge in [0, 0.05) is 39.1 Å². The average Bonchev–Trinajstić information content (AvgIpc) is 2.87. The molecule has 0 bridgehead atoms. The predicted molar refractivity (Wildman–Crippen MR) is 97.6 cm³/mol. The summed E-state index contributed by atoms with van der Waals surface area (Å²) < 4.78 is 12.9. The van der Waals surface area contributed by atoms with E-state index in [-0.39, 0.29) is 11.7 Å². The lowest BCUT2D eigenvalue weighted by Gasteiger charge is -2.22. The first-order valence-electron chi connectivity index (χ1n) is 8.99. The van der Waals surface area contributed by atoms with Crippen LogP contribution in [0, 0.1) is 5.82 Å². The molecule has 0 N–H and O–H groups in total. The van der Waals surface area contributed by atoms with Crippen LogP contribution in [0.1, 0.15) is 24.0 Å². The van der Waals surface area contributed by atoms with Gasteiger partial charge in [-0.2, -0.15) is 0 Å². The lowest BCUT2D eigenvalue weighted by molar-refractivity contribution is -0.131. The van der Waals surface area contributed by atoms with Crippen LogP contribution in [-0.4, -0.2) is 41.9 Å². The molecule has 0 unspecified atom stereocenters. The third kappa shape index (κ3) is 5.40. The Labute approximate surface area is 149 Å². The van der Waals surface area contributed by atoms with Gasteiger partial charge in [0.2, 0.25) is 5.91 Å². The van der Waals surface area contributed by atoms with Crippen molar-refractivity contribution in [2.75, 3.05) is 26.2 Å². The van der Waals surface area contributed by atoms with Crippen LogP contribution in [-0.2, 0) is 17.8 Å². The first kappa shape index (κ1) is 17.6. The number of benzene rings is 2. The van der Waals surface area contributed by atoms with Gasteiger partial charge >= 0.3 is 0 Å². The SMILES string of the molecule is O=C(CCc1ccc(F)cc1)N1CCCN(Cc2ccccc2)CC1. The van der Waals surface area contributed by atoms with Crippen LogP contribution in [0.2, 0.25) is 0 Å². The molecule has 3 nitrogen and oxygen atoms in total. The molecule has 1 amide bonds. The molecule has 1 aliphatic heterocycles. The molecule has 3 rings (SSSR count). The minimum Gasteiger partial charge on any atom is -0.341 e. The highest BCUT2D eigenvalue weighted by Crippen LogP contribution is 2.11. The monoisotopic (exact) mass is 340 g/mol. The van der Waals surface area contributed by atoms with Gasteiger partial charge < -0.3 is 4.90 Å². The summed E-state index contributed by atoms with van der Waals surface area (Å²) in [7, 11) is 0. The van der Waals surface area contributed by atoms with Crippen molar-refractivity contribution in [1.82, 2.24) is 9.80 Å². The van der Waals surface area contributed by atoms with E-state index in [0.717, 1.165) is 44.7 Å². The first-order chi connectivity index (χ1) is 12.2. The summed E-state index contributed by atoms with van der Waals surface area (Å²) in [6.07, 6.45) is 2.17. The molecular formula is C21H25FN2O. The van der Waals surface area contributed by atoms with Crippen molar-refractivity contribution in [2.24, 2.45) is 0 Å². The van der Waals surface area contributed by atoms with Gasteiger partial charge in [-0.1, -0.05) is 42.5 Å². The van der Waals surface area contributed by atoms with E-state index in [4.69, 9.17) is 0 Å². The Morgan fingerprint density at radius 1 is 0.880 bits per heavy atom. The summed E-state index contributed by atoms with van der Waals surface area (Å²) >= 11 is 0. The molecule has 1 fully saturated rings. The second-order valence-corrected chi connectivity index (χ2v) is 6.62. The average molecular weight is 340 g/mol. The minimum absolute atomic E-state index is 0.200. The van der Waals surface area contributed by atoms with E-state index in [1.807, 2.05) is 11.0 Å². The van der Waals surface area contributed by atoms with E-state index in [0.29, 0.717) is 12.8 Å². The standard InChI is InChI=1S/C21H25FN2O/c22-20-10-7-18(8-11-20)9-12-21(25)24-14-4-13-23(15-16-24)17-19-5-2-1-3-6-19/h1-3,5-8,10-11H,4,9,12-17H2. The number of rotatable bonds is 5. The zero-order valence-corrected chi connectivity index (χ0v) is 14.5. The minimum atomic E-state index is -0.235. The van der Waals surface area contributed by atoms with E-state index < -0.39 is 0 Å². The highest BCUT2D eigenvalue weighted by molar-refractivity contribution is 5.76. The van der Waals surface area contributed by atoms with Crippen LogP contribution in [0.25, 0.3) is 0 Å². The molecule has 132 valence electrons. The molecule has 1 aliphatic rings. The topological polar surface area (TPSA) is 23.6 Å². The smallest absolute Gasteiger partial charge is 0.222 e. The normalized spacial score (nSPS) is 15.8. The molecule has 2 aromatic carbocycles. The van der Waals surface area contributed by atoms with Crippen molar-refractivity contribution in [2.45, 2.75) is 25.8 Å². The second-order valence-electron chi connectivity index (χ2n) is 6.62. The van der Waals surface area contributed by atoms with E-state index in [9.17, 15) is 9.18 Å². The molecule has 0 aromatic heterocycles. The number of aryl methyl sites for hydroxylation is 1. The number of amides is 1. The maximum atomic E-state index is 12.9. The fourth-order valence-corrected chi connectivity index (χ4v) is 3.28. The van der Waals surface area contributed by atoms with Gasteiger partial charge in [-0.25, -0.2) is 4.39 Å². The van der Waals surface area contributed by atoms with Gasteiger partial charge in [-0.15, -0.1) is 0 Å². The van der Waals surface area contributed by atoms with Crippen LogP contribution < -0.4 is 0 Å². The maximum absolute atomic E-state index is 12.9. The molecule has 0 spiro atoms. The Morgan fingerprint density at radius 3 is 2.40 bits per heavy atom. The van der Waals surface area contributed by atoms with Gasteiger partial charge in [0.05, 0.1) is 0 Å². The van der Waals surface area contributed by atoms with Crippen LogP contribution in [0.15, 0.2) is 54.6 Å². The third-order valence-electron chi connectivity index (χ3n) is 4.73. The van der Waals surface area contributed by atoms with Crippen LogP contribution in [0.4, 0.5) is 4.39 Å². The number of nitrogens with zero attached hydrogens (tertiary/aromatic N) is 2. The molecule has 0 atom stereocenters. The number of halogens is 1. The molecule has 25 heavy (non-hydrogen) atoms. The van der Waals surface area contributed by atoms with E-state index >= 15 is 0 Å². The number of hydrogen-bond acceptors (Lipinski definition) is 2. The Morgan fingerprint density at radius 2 is 1.64 bits per heavy atom. The molecule has 0 radical (unpaired) electrons. The maximum Gasteiger partial charge on any atom is 0.222 e. The van der Waals surface area contributed by atoms with Crippen molar-refractivity contribution in [3.8, 4) is 0 Å². The van der Waals surface area contributed by atoms with Crippen LogP contribution >= 0.6 is 0 Å². The summed E-state index contributed by atoms with van der Waals surface area (Å²) in [6, 6.07) is 16.9. The Kier molecular flexibility index (Phi) is 6.18. The molecule has 2 aromatic rings. The van der Waals surface area contributed by atoms with Crippen LogP contribution in [0.3, 0.4) is 0 Å². The van der Waals surface area contributed by atoms with E-state index in [1.165, 1.54) is 17.7 Å². The van der Waals surface area contributed by atoms with Crippen molar-refractivity contribution in [1.29, 1.82) is 0 Å². The lowest BCUT2D eigenvalue weighted by Crippen LogP contribution is -2.35. The highest BCUT2D eigenvalue weighted by atomic mass is 19.1. The molecule has 1 heterocycles. The number of carbonyl (C=O) groups is 1. The largest absolute Gasteiger partial charge is 0.341 e. The van der Waals surface area contributed by atoms with Crippen LogP contribution in [0.5, 0.6) is 0 Å². The molecule has 1 saturated heterocycles. The summed E-state index contributed by atoms with van der Waals surface area (Å²) in [6.45, 7) is 4.49. The number of hydrogen-bond donors (Lipinski definition) is 0. The van der Waals surface area contributed by atoms with Gasteiger partial charge in [-0.05, 0) is 36.1 Å². The quantitative estimate of drug-likeness (QED) is 0.832. The van der Waals surface area contributed by atoms with Gasteiger partial charge in [0.15, 0.2) is 0 Å². The van der Waals surface area contributed by atoms with Crippen molar-refractivity contribution in [3.63, 3.8) is 0 Å². The van der Waals surface area contributed by atoms with Crippen molar-refractivity contribution >= 4 is 5.91 Å². The third-order valence-corrected chi connectivity index (χ3v) is 4.73. The van der Waals surface area contributed by atoms with E-state index in [1.54, 1.807) is 12.1 Å². The fourth-order valence-electron chi connectivity index (χ4n) is 3.28. The van der Waals surface area contributed by atoms with E-state index in [2.05, 4.69) is 29.2 Å². The Hall–Kier alpha value is -2.20. The summed E-state index contributed by atoms with van der Waals surface area (Å²) in [5.74, 6) is -0.0352. The zero-order valence-electron chi connectivity index (χ0n) is 14.5. The second kappa shape index (κ2) is 8.77. The zero-order chi connectivity index (χ0) is 17.5. The summed E-state index contributed by atoms with van der Waals surface area (Å²) in [4.78, 5) is 16.9. The summed E-state index contributed by atoms with van der Waals surface area (Å²) in [5.41, 5.74) is 2.33. The van der Waals surface area contributed by atoms with Gasteiger partial charge in [-0.3, -0.25) is 9.69 Å². The molecule has 0 aliphatic carbocycles. The van der Waals surface area contributed by atoms with Gasteiger partial charge in [0.1, 0.15) is 5.82 Å². The highest BCUT2D eigenvalue weighted by Gasteiger charge is 2.19.